The van der Waals surface area contributed by atoms with Gasteiger partial charge in [-0.25, -0.2) is 0 Å². The molecule has 0 aromatic heterocycles. The molecule has 0 heterocycles. The van der Waals surface area contributed by atoms with Gasteiger partial charge in [0.2, 0.25) is 5.91 Å². The van der Waals surface area contributed by atoms with E-state index in [0.717, 1.165) is 83.5 Å². The van der Waals surface area contributed by atoms with Gasteiger partial charge in [-0.05, 0) is 89.9 Å². The minimum atomic E-state index is -0.794. The summed E-state index contributed by atoms with van der Waals surface area (Å²) in [7, 11) is 0. The van der Waals surface area contributed by atoms with Gasteiger partial charge < -0.3 is 20.3 Å². The van der Waals surface area contributed by atoms with Crippen molar-refractivity contribution in [2.24, 2.45) is 0 Å². The predicted octanol–water partition coefficient (Wildman–Crippen LogP) is 17.0. The third kappa shape index (κ3) is 46.4. The molecule has 0 aromatic rings. The number of allylic oxidation sites excluding steroid dienone is 8. The van der Waals surface area contributed by atoms with Gasteiger partial charge in [-0.15, -0.1) is 0 Å². The van der Waals surface area contributed by atoms with E-state index in [4.69, 9.17) is 4.74 Å². The minimum absolute atomic E-state index is 0.0620. The molecule has 0 radical (unpaired) electrons. The van der Waals surface area contributed by atoms with Crippen molar-refractivity contribution >= 4 is 11.9 Å². The molecule has 0 bridgehead atoms. The molecule has 1 amide bonds. The molecule has 0 saturated heterocycles. The minimum Gasteiger partial charge on any atom is -0.462 e. The highest BCUT2D eigenvalue weighted by atomic mass is 16.5. The van der Waals surface area contributed by atoms with Crippen molar-refractivity contribution in [3.8, 4) is 0 Å². The Kier molecular flexibility index (Phi) is 50.0. The van der Waals surface area contributed by atoms with Gasteiger partial charge in [-0.3, -0.25) is 9.59 Å². The second-order valence-corrected chi connectivity index (χ2v) is 19.0. The topological polar surface area (TPSA) is 95.9 Å². The highest BCUT2D eigenvalue weighted by Crippen LogP contribution is 2.18. The Labute approximate surface area is 397 Å². The second-order valence-electron chi connectivity index (χ2n) is 19.0. The van der Waals surface area contributed by atoms with E-state index in [2.05, 4.69) is 74.7 Å². The van der Waals surface area contributed by atoms with Crippen LogP contribution < -0.4 is 5.32 Å². The standard InChI is InChI=1S/C58H107NO5/c1-4-7-10-13-16-19-22-24-26-28-30-32-35-37-40-43-46-49-54(52-57(62)59-55(53-60)56(61)50-47-44-41-38-34-21-18-15-12-9-6-3)64-58(63)51-48-45-42-39-36-33-31-29-27-25-23-20-17-14-11-8-5-2/h16,19,24-27,30,32,54-56,60-61H,4-15,17-18,20-23,28-29,31,33-53H2,1-3H3,(H,59,62)/b19-16-,26-24-,27-25+,32-30-. The van der Waals surface area contributed by atoms with E-state index in [1.165, 1.54) is 154 Å². The maximum Gasteiger partial charge on any atom is 0.306 e. The quantitative estimate of drug-likeness (QED) is 0.0321. The number of aliphatic hydroxyl groups excluding tert-OH is 2. The fourth-order valence-corrected chi connectivity index (χ4v) is 8.37. The normalized spacial score (nSPS) is 13.5. The molecule has 0 aromatic carbocycles. The van der Waals surface area contributed by atoms with Crippen molar-refractivity contribution in [1.29, 1.82) is 0 Å². The summed E-state index contributed by atoms with van der Waals surface area (Å²) in [6, 6.07) is -0.709. The van der Waals surface area contributed by atoms with Crippen LogP contribution in [0.4, 0.5) is 0 Å². The highest BCUT2D eigenvalue weighted by Gasteiger charge is 2.24. The smallest absolute Gasteiger partial charge is 0.306 e. The molecule has 0 spiro atoms. The van der Waals surface area contributed by atoms with Crippen LogP contribution >= 0.6 is 0 Å². The number of esters is 1. The van der Waals surface area contributed by atoms with E-state index in [-0.39, 0.29) is 24.9 Å². The number of aliphatic hydroxyl groups is 2. The van der Waals surface area contributed by atoms with Crippen molar-refractivity contribution in [2.75, 3.05) is 6.61 Å². The highest BCUT2D eigenvalue weighted by molar-refractivity contribution is 5.77. The maximum absolute atomic E-state index is 13.2. The zero-order valence-corrected chi connectivity index (χ0v) is 42.7. The number of amides is 1. The molecule has 6 nitrogen and oxygen atoms in total. The molecule has 6 heteroatoms. The van der Waals surface area contributed by atoms with Crippen molar-refractivity contribution in [2.45, 2.75) is 302 Å². The Morgan fingerprint density at radius 1 is 0.453 bits per heavy atom. The summed E-state index contributed by atoms with van der Waals surface area (Å²) in [5.41, 5.74) is 0. The Bertz CT molecular complexity index is 1100. The molecule has 3 N–H and O–H groups in total. The fourth-order valence-electron chi connectivity index (χ4n) is 8.37. The van der Waals surface area contributed by atoms with Crippen LogP contribution in [0.15, 0.2) is 48.6 Å². The largest absolute Gasteiger partial charge is 0.462 e. The average Bonchev–Trinajstić information content (AvgIpc) is 3.29. The summed E-state index contributed by atoms with van der Waals surface area (Å²) >= 11 is 0. The third-order valence-corrected chi connectivity index (χ3v) is 12.6. The summed E-state index contributed by atoms with van der Waals surface area (Å²) in [6.07, 6.45) is 63.1. The van der Waals surface area contributed by atoms with E-state index in [9.17, 15) is 19.8 Å². The molecule has 0 saturated carbocycles. The van der Waals surface area contributed by atoms with Crippen LogP contribution in [-0.4, -0.2) is 46.9 Å². The number of hydrogen-bond donors (Lipinski definition) is 3. The Morgan fingerprint density at radius 3 is 1.25 bits per heavy atom. The van der Waals surface area contributed by atoms with Gasteiger partial charge in [0.15, 0.2) is 0 Å². The van der Waals surface area contributed by atoms with Crippen LogP contribution in [0.1, 0.15) is 284 Å². The summed E-state index contributed by atoms with van der Waals surface area (Å²) in [6.45, 7) is 6.46. The van der Waals surface area contributed by atoms with E-state index >= 15 is 0 Å². The monoisotopic (exact) mass is 898 g/mol. The SMILES string of the molecule is CCCCC/C=C\C/C=C\C/C=C\CCCCCCC(CC(=O)NC(CO)C(O)CCCCCCCCCCCCC)OC(=O)CCCCCCCCC/C=C/CCCCCCCC. The molecule has 0 aliphatic heterocycles. The first-order valence-electron chi connectivity index (χ1n) is 27.9. The van der Waals surface area contributed by atoms with Gasteiger partial charge in [-0.1, -0.05) is 230 Å². The van der Waals surface area contributed by atoms with Gasteiger partial charge in [-0.2, -0.15) is 0 Å². The number of carbonyl (C=O) groups is 2. The van der Waals surface area contributed by atoms with Crippen LogP contribution in [0, 0.1) is 0 Å². The number of rotatable bonds is 50. The number of hydrogen-bond acceptors (Lipinski definition) is 5. The lowest BCUT2D eigenvalue weighted by Crippen LogP contribution is -2.46. The predicted molar refractivity (Wildman–Crippen MR) is 278 cm³/mol. The van der Waals surface area contributed by atoms with Crippen LogP contribution in [0.5, 0.6) is 0 Å². The lowest BCUT2D eigenvalue weighted by atomic mass is 10.0. The summed E-state index contributed by atoms with van der Waals surface area (Å²) in [5.74, 6) is -0.492. The van der Waals surface area contributed by atoms with Gasteiger partial charge >= 0.3 is 5.97 Å². The van der Waals surface area contributed by atoms with Crippen molar-refractivity contribution in [3.63, 3.8) is 0 Å². The zero-order valence-electron chi connectivity index (χ0n) is 42.7. The molecule has 3 atom stereocenters. The first-order valence-corrected chi connectivity index (χ1v) is 27.9. The lowest BCUT2D eigenvalue weighted by Gasteiger charge is -2.24. The van der Waals surface area contributed by atoms with E-state index in [0.29, 0.717) is 19.3 Å². The molecule has 0 aliphatic carbocycles. The van der Waals surface area contributed by atoms with Crippen LogP contribution in [0.3, 0.4) is 0 Å². The maximum atomic E-state index is 13.2. The van der Waals surface area contributed by atoms with Gasteiger partial charge in [0.1, 0.15) is 6.10 Å². The van der Waals surface area contributed by atoms with Crippen LogP contribution in [0.2, 0.25) is 0 Å². The average molecular weight is 898 g/mol. The van der Waals surface area contributed by atoms with Crippen molar-refractivity contribution < 1.29 is 24.5 Å². The summed E-state index contributed by atoms with van der Waals surface area (Å²) < 4.78 is 5.95. The van der Waals surface area contributed by atoms with Crippen molar-refractivity contribution in [3.05, 3.63) is 48.6 Å². The molecule has 3 unspecified atom stereocenters. The zero-order chi connectivity index (χ0) is 46.7. The molecule has 64 heavy (non-hydrogen) atoms. The Hall–Kier alpha value is -2.18. The molecule has 374 valence electrons. The molecule has 0 rings (SSSR count). The molecular weight excluding hydrogens is 791 g/mol. The fraction of sp³-hybridized carbons (Fsp3) is 0.828. The van der Waals surface area contributed by atoms with E-state index in [1.54, 1.807) is 0 Å². The number of carbonyl (C=O) groups excluding carboxylic acids is 2. The first-order chi connectivity index (χ1) is 31.5. The summed E-state index contributed by atoms with van der Waals surface area (Å²) in [4.78, 5) is 26.2. The number of nitrogens with one attached hydrogen (secondary N) is 1. The number of unbranched alkanes of at least 4 members (excludes halogenated alkanes) is 30. The number of ether oxygens (including phenoxy) is 1. The summed E-state index contributed by atoms with van der Waals surface area (Å²) in [5, 5.41) is 23.8. The second kappa shape index (κ2) is 51.8. The van der Waals surface area contributed by atoms with Crippen LogP contribution in [0.25, 0.3) is 0 Å². The Morgan fingerprint density at radius 2 is 0.797 bits per heavy atom. The first kappa shape index (κ1) is 61.8. The lowest BCUT2D eigenvalue weighted by molar-refractivity contribution is -0.151. The van der Waals surface area contributed by atoms with E-state index < -0.39 is 18.2 Å². The molecular formula is C58H107NO5. The third-order valence-electron chi connectivity index (χ3n) is 12.6. The van der Waals surface area contributed by atoms with Gasteiger partial charge in [0.25, 0.3) is 0 Å². The van der Waals surface area contributed by atoms with Gasteiger partial charge in [0.05, 0.1) is 25.2 Å². The molecule has 0 aliphatic rings. The van der Waals surface area contributed by atoms with Crippen molar-refractivity contribution in [1.82, 2.24) is 5.32 Å². The Balaban J connectivity index is 4.61. The van der Waals surface area contributed by atoms with E-state index in [1.807, 2.05) is 0 Å². The van der Waals surface area contributed by atoms with Crippen LogP contribution in [-0.2, 0) is 14.3 Å². The molecule has 0 fully saturated rings. The van der Waals surface area contributed by atoms with Gasteiger partial charge in [0, 0.05) is 6.42 Å².